The third-order valence-corrected chi connectivity index (χ3v) is 3.91. The van der Waals surface area contributed by atoms with Crippen LogP contribution in [0.15, 0.2) is 71.5 Å². The second kappa shape index (κ2) is 8.11. The van der Waals surface area contributed by atoms with Crippen LogP contribution >= 0.6 is 0 Å². The van der Waals surface area contributed by atoms with Crippen molar-refractivity contribution in [3.05, 3.63) is 89.6 Å². The fraction of sp³-hybridized carbons (Fsp3) is 0.150. The van der Waals surface area contributed by atoms with Gasteiger partial charge in [-0.2, -0.15) is 0 Å². The summed E-state index contributed by atoms with van der Waals surface area (Å²) in [6.45, 7) is 2.17. The van der Waals surface area contributed by atoms with Crippen molar-refractivity contribution in [2.75, 3.05) is 0 Å². The smallest absolute Gasteiger partial charge is 0.270 e. The maximum absolute atomic E-state index is 12.4. The molecule has 2 amide bonds. The van der Waals surface area contributed by atoms with Crippen LogP contribution in [0.25, 0.3) is 0 Å². The Kier molecular flexibility index (Phi) is 5.43. The summed E-state index contributed by atoms with van der Waals surface area (Å²) in [5.74, 6) is 0.0260. The van der Waals surface area contributed by atoms with Gasteiger partial charge in [0.15, 0.2) is 0 Å². The summed E-state index contributed by atoms with van der Waals surface area (Å²) in [6, 6.07) is 16.0. The SMILES string of the molecule is CC(NC(=O)c1cc(C(=O)NCc2ccco2)ccn1)c1ccccc1. The average Bonchev–Trinajstić information content (AvgIpc) is 3.20. The zero-order valence-corrected chi connectivity index (χ0v) is 14.3. The van der Waals surface area contributed by atoms with E-state index in [9.17, 15) is 9.59 Å². The molecule has 0 spiro atoms. The van der Waals surface area contributed by atoms with Crippen molar-refractivity contribution < 1.29 is 14.0 Å². The topological polar surface area (TPSA) is 84.2 Å². The van der Waals surface area contributed by atoms with Gasteiger partial charge in [0.2, 0.25) is 0 Å². The fourth-order valence-corrected chi connectivity index (χ4v) is 2.47. The molecule has 3 rings (SSSR count). The fourth-order valence-electron chi connectivity index (χ4n) is 2.47. The Balaban J connectivity index is 1.64. The number of pyridine rings is 1. The summed E-state index contributed by atoms with van der Waals surface area (Å²) >= 11 is 0. The number of amides is 2. The van der Waals surface area contributed by atoms with Crippen molar-refractivity contribution >= 4 is 11.8 Å². The molecule has 0 aliphatic heterocycles. The van der Waals surface area contributed by atoms with E-state index < -0.39 is 0 Å². The number of nitrogens with one attached hydrogen (secondary N) is 2. The third kappa shape index (κ3) is 4.36. The molecule has 2 heterocycles. The zero-order valence-electron chi connectivity index (χ0n) is 14.3. The van der Waals surface area contributed by atoms with Crippen LogP contribution in [-0.2, 0) is 6.54 Å². The van der Waals surface area contributed by atoms with E-state index in [4.69, 9.17) is 4.42 Å². The molecule has 3 aromatic rings. The number of hydrogen-bond donors (Lipinski definition) is 2. The van der Waals surface area contributed by atoms with Crippen molar-refractivity contribution in [3.63, 3.8) is 0 Å². The van der Waals surface area contributed by atoms with Crippen LogP contribution in [0, 0.1) is 0 Å². The number of benzene rings is 1. The maximum Gasteiger partial charge on any atom is 0.270 e. The number of hydrogen-bond acceptors (Lipinski definition) is 4. The first-order chi connectivity index (χ1) is 12.6. The molecule has 6 nitrogen and oxygen atoms in total. The first-order valence-electron chi connectivity index (χ1n) is 8.26. The van der Waals surface area contributed by atoms with Gasteiger partial charge in [0, 0.05) is 11.8 Å². The molecular weight excluding hydrogens is 330 g/mol. The molecule has 1 unspecified atom stereocenters. The lowest BCUT2D eigenvalue weighted by Gasteiger charge is -2.14. The predicted molar refractivity (Wildman–Crippen MR) is 96.4 cm³/mol. The van der Waals surface area contributed by atoms with E-state index in [-0.39, 0.29) is 30.1 Å². The number of carbonyl (C=O) groups is 2. The minimum atomic E-state index is -0.331. The van der Waals surface area contributed by atoms with Gasteiger partial charge >= 0.3 is 0 Å². The van der Waals surface area contributed by atoms with Crippen molar-refractivity contribution in [3.8, 4) is 0 Å². The molecule has 2 aromatic heterocycles. The van der Waals surface area contributed by atoms with Crippen LogP contribution in [0.1, 0.15) is 45.1 Å². The molecule has 2 N–H and O–H groups in total. The van der Waals surface area contributed by atoms with Crippen molar-refractivity contribution in [2.24, 2.45) is 0 Å². The molecule has 0 fully saturated rings. The largest absolute Gasteiger partial charge is 0.467 e. The summed E-state index contributed by atoms with van der Waals surface area (Å²) in [4.78, 5) is 28.7. The summed E-state index contributed by atoms with van der Waals surface area (Å²) in [5.41, 5.74) is 1.55. The second-order valence-corrected chi connectivity index (χ2v) is 5.80. The number of nitrogens with zero attached hydrogens (tertiary/aromatic N) is 1. The van der Waals surface area contributed by atoms with Gasteiger partial charge in [-0.05, 0) is 36.8 Å². The van der Waals surface area contributed by atoms with Gasteiger partial charge in [0.25, 0.3) is 11.8 Å². The highest BCUT2D eigenvalue weighted by Crippen LogP contribution is 2.12. The van der Waals surface area contributed by atoms with E-state index >= 15 is 0 Å². The standard InChI is InChI=1S/C20H19N3O3/c1-14(15-6-3-2-4-7-15)23-20(25)18-12-16(9-10-21-18)19(24)22-13-17-8-5-11-26-17/h2-12,14H,13H2,1H3,(H,22,24)(H,23,25). The quantitative estimate of drug-likeness (QED) is 0.716. The molecule has 26 heavy (non-hydrogen) atoms. The van der Waals surface area contributed by atoms with E-state index in [1.165, 1.54) is 12.3 Å². The Labute approximate surface area is 151 Å². The Bertz CT molecular complexity index is 876. The highest BCUT2D eigenvalue weighted by Gasteiger charge is 2.15. The normalized spacial score (nSPS) is 11.6. The molecule has 0 saturated carbocycles. The lowest BCUT2D eigenvalue weighted by Crippen LogP contribution is -2.28. The van der Waals surface area contributed by atoms with Crippen LogP contribution in [0.4, 0.5) is 0 Å². The van der Waals surface area contributed by atoms with Gasteiger partial charge in [0.05, 0.1) is 18.8 Å². The van der Waals surface area contributed by atoms with Crippen LogP contribution in [0.3, 0.4) is 0 Å². The summed E-state index contributed by atoms with van der Waals surface area (Å²) in [6.07, 6.45) is 2.99. The highest BCUT2D eigenvalue weighted by atomic mass is 16.3. The number of rotatable bonds is 6. The number of carbonyl (C=O) groups excluding carboxylic acids is 2. The first kappa shape index (κ1) is 17.4. The van der Waals surface area contributed by atoms with Crippen LogP contribution in [0.5, 0.6) is 0 Å². The van der Waals surface area contributed by atoms with Gasteiger partial charge in [-0.1, -0.05) is 30.3 Å². The summed E-state index contributed by atoms with van der Waals surface area (Å²) in [7, 11) is 0. The molecule has 6 heteroatoms. The minimum Gasteiger partial charge on any atom is -0.467 e. The molecule has 0 radical (unpaired) electrons. The average molecular weight is 349 g/mol. The molecular formula is C20H19N3O3. The summed E-state index contributed by atoms with van der Waals surface area (Å²) < 4.78 is 5.18. The second-order valence-electron chi connectivity index (χ2n) is 5.80. The van der Waals surface area contributed by atoms with Crippen LogP contribution < -0.4 is 10.6 Å². The first-order valence-corrected chi connectivity index (χ1v) is 8.26. The monoisotopic (exact) mass is 349 g/mol. The van der Waals surface area contributed by atoms with Gasteiger partial charge in [0.1, 0.15) is 11.5 Å². The van der Waals surface area contributed by atoms with Crippen LogP contribution in [-0.4, -0.2) is 16.8 Å². The maximum atomic E-state index is 12.4. The van der Waals surface area contributed by atoms with Crippen molar-refractivity contribution in [2.45, 2.75) is 19.5 Å². The Morgan fingerprint density at radius 2 is 1.88 bits per heavy atom. The predicted octanol–water partition coefficient (Wildman–Crippen LogP) is 3.10. The number of furan rings is 1. The molecule has 0 aliphatic rings. The van der Waals surface area contributed by atoms with Gasteiger partial charge < -0.3 is 15.1 Å². The zero-order chi connectivity index (χ0) is 18.4. The molecule has 0 bridgehead atoms. The van der Waals surface area contributed by atoms with Gasteiger partial charge in [-0.25, -0.2) is 0 Å². The Morgan fingerprint density at radius 3 is 2.62 bits per heavy atom. The minimum absolute atomic E-state index is 0.165. The van der Waals surface area contributed by atoms with E-state index in [1.807, 2.05) is 37.3 Å². The Morgan fingerprint density at radius 1 is 1.08 bits per heavy atom. The van der Waals surface area contributed by atoms with Crippen molar-refractivity contribution in [1.29, 1.82) is 0 Å². The highest BCUT2D eigenvalue weighted by molar-refractivity contribution is 5.98. The van der Waals surface area contributed by atoms with E-state index in [0.717, 1.165) is 5.56 Å². The molecule has 0 aliphatic carbocycles. The number of aromatic nitrogens is 1. The van der Waals surface area contributed by atoms with Crippen LogP contribution in [0.2, 0.25) is 0 Å². The van der Waals surface area contributed by atoms with E-state index in [1.54, 1.807) is 24.5 Å². The van der Waals surface area contributed by atoms with E-state index in [2.05, 4.69) is 15.6 Å². The molecule has 0 saturated heterocycles. The Hall–Kier alpha value is -3.41. The molecule has 132 valence electrons. The molecule has 1 atom stereocenters. The summed E-state index contributed by atoms with van der Waals surface area (Å²) in [5, 5.41) is 5.63. The van der Waals surface area contributed by atoms with Gasteiger partial charge in [-0.15, -0.1) is 0 Å². The third-order valence-electron chi connectivity index (χ3n) is 3.91. The van der Waals surface area contributed by atoms with Gasteiger partial charge in [-0.3, -0.25) is 14.6 Å². The lowest BCUT2D eigenvalue weighted by molar-refractivity contribution is 0.0935. The lowest BCUT2D eigenvalue weighted by atomic mass is 10.1. The van der Waals surface area contributed by atoms with E-state index in [0.29, 0.717) is 11.3 Å². The van der Waals surface area contributed by atoms with Crippen molar-refractivity contribution in [1.82, 2.24) is 15.6 Å². The molecule has 1 aromatic carbocycles.